The van der Waals surface area contributed by atoms with E-state index >= 15 is 0 Å². The molecule has 2 amide bonds. The topological polar surface area (TPSA) is 103 Å². The molecule has 1 saturated heterocycles. The molecule has 1 aliphatic rings. The molecule has 3 N–H and O–H groups in total. The second-order valence-corrected chi connectivity index (χ2v) is 4.86. The summed E-state index contributed by atoms with van der Waals surface area (Å²) in [5, 5.41) is 21.2. The van der Waals surface area contributed by atoms with Crippen LogP contribution in [0.2, 0.25) is 0 Å². The van der Waals surface area contributed by atoms with E-state index in [0.29, 0.717) is 0 Å². The molecule has 2 heterocycles. The molecule has 1 aromatic rings. The van der Waals surface area contributed by atoms with Gasteiger partial charge in [-0.15, -0.1) is 0 Å². The molecule has 2 rings (SSSR count). The van der Waals surface area contributed by atoms with Gasteiger partial charge in [-0.05, 0) is 24.1 Å². The largest absolute Gasteiger partial charge is 0.480 e. The molecule has 7 heteroatoms. The number of carboxylic acids is 1. The Labute approximate surface area is 116 Å². The predicted molar refractivity (Wildman–Crippen MR) is 70.0 cm³/mol. The molecule has 0 unspecified atom stereocenters. The van der Waals surface area contributed by atoms with Gasteiger partial charge < -0.3 is 20.4 Å². The number of nitrogens with one attached hydrogen (secondary N) is 1. The first-order valence-electron chi connectivity index (χ1n) is 6.34. The molecule has 0 spiro atoms. The summed E-state index contributed by atoms with van der Waals surface area (Å²) < 4.78 is 0. The molecule has 1 fully saturated rings. The van der Waals surface area contributed by atoms with Crippen molar-refractivity contribution in [2.45, 2.75) is 32.0 Å². The minimum Gasteiger partial charge on any atom is -0.480 e. The van der Waals surface area contributed by atoms with Crippen molar-refractivity contribution in [3.8, 4) is 0 Å². The van der Waals surface area contributed by atoms with Crippen LogP contribution in [0.15, 0.2) is 18.5 Å². The fourth-order valence-electron chi connectivity index (χ4n) is 2.23. The van der Waals surface area contributed by atoms with Crippen LogP contribution in [-0.2, 0) is 11.3 Å². The predicted octanol–water partition coefficient (Wildman–Crippen LogP) is 0.119. The number of hydrogen-bond donors (Lipinski definition) is 3. The number of likely N-dealkylation sites (tertiary alicyclic amines) is 1. The van der Waals surface area contributed by atoms with Gasteiger partial charge in [0.25, 0.3) is 0 Å². The number of urea groups is 1. The van der Waals surface area contributed by atoms with E-state index in [4.69, 9.17) is 5.11 Å². The molecule has 0 bridgehead atoms. The van der Waals surface area contributed by atoms with E-state index in [0.717, 1.165) is 16.0 Å². The minimum absolute atomic E-state index is 0.0365. The zero-order valence-electron chi connectivity index (χ0n) is 11.1. The van der Waals surface area contributed by atoms with Gasteiger partial charge >= 0.3 is 12.0 Å². The Kier molecular flexibility index (Phi) is 4.19. The number of aromatic nitrogens is 1. The van der Waals surface area contributed by atoms with Gasteiger partial charge in [-0.25, -0.2) is 9.59 Å². The number of hydrogen-bond acceptors (Lipinski definition) is 4. The molecule has 0 aromatic carbocycles. The van der Waals surface area contributed by atoms with Gasteiger partial charge in [-0.1, -0.05) is 0 Å². The summed E-state index contributed by atoms with van der Waals surface area (Å²) in [4.78, 5) is 28.2. The second kappa shape index (κ2) is 5.87. The average molecular weight is 279 g/mol. The molecular weight excluding hydrogens is 262 g/mol. The molecule has 0 radical (unpaired) electrons. The van der Waals surface area contributed by atoms with E-state index in [2.05, 4.69) is 10.3 Å². The van der Waals surface area contributed by atoms with Crippen molar-refractivity contribution in [3.63, 3.8) is 0 Å². The van der Waals surface area contributed by atoms with E-state index in [1.807, 2.05) is 13.0 Å². The fraction of sp³-hybridized carbons (Fsp3) is 0.462. The number of rotatable bonds is 3. The third-order valence-electron chi connectivity index (χ3n) is 3.40. The normalized spacial score (nSPS) is 21.8. The number of aryl methyl sites for hydroxylation is 1. The van der Waals surface area contributed by atoms with Crippen LogP contribution in [0.1, 0.15) is 17.5 Å². The quantitative estimate of drug-likeness (QED) is 0.729. The Morgan fingerprint density at radius 3 is 2.95 bits per heavy atom. The van der Waals surface area contributed by atoms with Crippen molar-refractivity contribution in [3.05, 3.63) is 29.6 Å². The van der Waals surface area contributed by atoms with Crippen LogP contribution in [0.3, 0.4) is 0 Å². The van der Waals surface area contributed by atoms with E-state index < -0.39 is 24.1 Å². The Bertz CT molecular complexity index is 520. The lowest BCUT2D eigenvalue weighted by atomic mass is 10.1. The number of aliphatic hydroxyl groups excluding tert-OH is 1. The van der Waals surface area contributed by atoms with Gasteiger partial charge in [0.05, 0.1) is 6.10 Å². The number of aliphatic hydroxyl groups is 1. The van der Waals surface area contributed by atoms with Crippen molar-refractivity contribution >= 4 is 12.0 Å². The maximum absolute atomic E-state index is 12.0. The Morgan fingerprint density at radius 2 is 2.30 bits per heavy atom. The number of carboxylic acid groups (broad SMARTS) is 1. The molecule has 20 heavy (non-hydrogen) atoms. The summed E-state index contributed by atoms with van der Waals surface area (Å²) in [5.74, 6) is -1.10. The van der Waals surface area contributed by atoms with Crippen LogP contribution in [0.25, 0.3) is 0 Å². The lowest BCUT2D eigenvalue weighted by Crippen LogP contribution is -2.46. The van der Waals surface area contributed by atoms with Crippen LogP contribution in [-0.4, -0.2) is 50.8 Å². The van der Waals surface area contributed by atoms with Crippen molar-refractivity contribution < 1.29 is 19.8 Å². The third-order valence-corrected chi connectivity index (χ3v) is 3.40. The Hall–Kier alpha value is -2.15. The van der Waals surface area contributed by atoms with Gasteiger partial charge in [0.2, 0.25) is 0 Å². The summed E-state index contributed by atoms with van der Waals surface area (Å²) in [5.41, 5.74) is 1.86. The van der Waals surface area contributed by atoms with Gasteiger partial charge in [-0.3, -0.25) is 4.98 Å². The fourth-order valence-corrected chi connectivity index (χ4v) is 2.23. The number of nitrogens with zero attached hydrogens (tertiary/aromatic N) is 2. The standard InChI is InChI=1S/C13H17N3O4/c1-8-2-3-14-5-9(8)6-15-13(20)16-7-10(17)4-11(16)12(18)19/h2-3,5,10-11,17H,4,6-7H2,1H3,(H,15,20)(H,18,19)/t10-,11-/m0/s1. The lowest BCUT2D eigenvalue weighted by molar-refractivity contribution is -0.141. The highest BCUT2D eigenvalue weighted by molar-refractivity contribution is 5.83. The minimum atomic E-state index is -1.10. The first-order valence-corrected chi connectivity index (χ1v) is 6.34. The highest BCUT2D eigenvalue weighted by Crippen LogP contribution is 2.18. The van der Waals surface area contributed by atoms with E-state index in [1.54, 1.807) is 12.4 Å². The first kappa shape index (κ1) is 14.3. The zero-order chi connectivity index (χ0) is 14.7. The van der Waals surface area contributed by atoms with Crippen molar-refractivity contribution in [2.24, 2.45) is 0 Å². The molecule has 0 aliphatic carbocycles. The summed E-state index contributed by atoms with van der Waals surface area (Å²) in [6.07, 6.45) is 2.59. The van der Waals surface area contributed by atoms with Crippen LogP contribution >= 0.6 is 0 Å². The van der Waals surface area contributed by atoms with E-state index in [-0.39, 0.29) is 19.5 Å². The average Bonchev–Trinajstić information content (AvgIpc) is 2.80. The molecule has 1 aromatic heterocycles. The number of carbonyl (C=O) groups excluding carboxylic acids is 1. The zero-order valence-corrected chi connectivity index (χ0v) is 11.1. The van der Waals surface area contributed by atoms with Crippen LogP contribution in [0.4, 0.5) is 4.79 Å². The number of amides is 2. The molecule has 2 atom stereocenters. The molecule has 0 saturated carbocycles. The van der Waals surface area contributed by atoms with Gasteiger partial charge in [0, 0.05) is 31.9 Å². The smallest absolute Gasteiger partial charge is 0.326 e. The molecule has 7 nitrogen and oxygen atoms in total. The molecule has 1 aliphatic heterocycles. The summed E-state index contributed by atoms with van der Waals surface area (Å²) in [7, 11) is 0. The van der Waals surface area contributed by atoms with Crippen LogP contribution in [0.5, 0.6) is 0 Å². The summed E-state index contributed by atoms with van der Waals surface area (Å²) in [6, 6.07) is 0.374. The number of carbonyl (C=O) groups is 2. The third kappa shape index (κ3) is 3.05. The molecular formula is C13H17N3O4. The highest BCUT2D eigenvalue weighted by Gasteiger charge is 2.38. The van der Waals surface area contributed by atoms with Crippen LogP contribution in [0, 0.1) is 6.92 Å². The number of aliphatic carboxylic acids is 1. The monoisotopic (exact) mass is 279 g/mol. The maximum Gasteiger partial charge on any atom is 0.326 e. The van der Waals surface area contributed by atoms with E-state index in [9.17, 15) is 14.7 Å². The second-order valence-electron chi connectivity index (χ2n) is 4.86. The van der Waals surface area contributed by atoms with E-state index in [1.165, 1.54) is 0 Å². The van der Waals surface area contributed by atoms with Crippen molar-refractivity contribution in [1.29, 1.82) is 0 Å². The maximum atomic E-state index is 12.0. The molecule has 108 valence electrons. The highest BCUT2D eigenvalue weighted by atomic mass is 16.4. The van der Waals surface area contributed by atoms with Crippen molar-refractivity contribution in [1.82, 2.24) is 15.2 Å². The van der Waals surface area contributed by atoms with Gasteiger partial charge in [0.1, 0.15) is 6.04 Å². The Morgan fingerprint density at radius 1 is 1.55 bits per heavy atom. The summed E-state index contributed by atoms with van der Waals surface area (Å²) >= 11 is 0. The van der Waals surface area contributed by atoms with Gasteiger partial charge in [-0.2, -0.15) is 0 Å². The summed E-state index contributed by atoms with van der Waals surface area (Å²) in [6.45, 7) is 2.22. The van der Waals surface area contributed by atoms with Crippen LogP contribution < -0.4 is 5.32 Å². The SMILES string of the molecule is Cc1ccncc1CNC(=O)N1C[C@@H](O)C[C@H]1C(=O)O. The number of β-amino-alcohol motifs (C(OH)–C–C–N with tert-alkyl or cyclic N) is 1. The Balaban J connectivity index is 1.98. The van der Waals surface area contributed by atoms with Crippen molar-refractivity contribution in [2.75, 3.05) is 6.54 Å². The lowest BCUT2D eigenvalue weighted by Gasteiger charge is -2.21. The van der Waals surface area contributed by atoms with Gasteiger partial charge in [0.15, 0.2) is 0 Å². The number of pyridine rings is 1. The first-order chi connectivity index (χ1) is 9.49.